The number of amides is 3. The van der Waals surface area contributed by atoms with Crippen molar-refractivity contribution in [2.75, 3.05) is 13.2 Å². The maximum Gasteiger partial charge on any atom is 0.408 e. The molecule has 38 heavy (non-hydrogen) atoms. The summed E-state index contributed by atoms with van der Waals surface area (Å²) in [5, 5.41) is 25.2. The van der Waals surface area contributed by atoms with Crippen LogP contribution in [0, 0.1) is 6.92 Å². The summed E-state index contributed by atoms with van der Waals surface area (Å²) in [6.07, 6.45) is -0.716. The highest BCUT2D eigenvalue weighted by atomic mass is 16.6. The largest absolute Gasteiger partial charge is 0.508 e. The molecular formula is C29H41N3O6. The molecule has 3 amide bonds. The van der Waals surface area contributed by atoms with E-state index in [0.717, 1.165) is 5.56 Å². The number of nitrogens with one attached hydrogen (secondary N) is 2. The molecule has 0 aliphatic rings. The van der Waals surface area contributed by atoms with E-state index in [9.17, 15) is 24.6 Å². The molecule has 0 aliphatic heterocycles. The number of aryl methyl sites for hydroxylation is 1. The molecule has 2 atom stereocenters. The highest BCUT2D eigenvalue weighted by Crippen LogP contribution is 2.27. The Balaban J connectivity index is 2.55. The van der Waals surface area contributed by atoms with Gasteiger partial charge in [0.25, 0.3) is 0 Å². The molecule has 0 saturated heterocycles. The van der Waals surface area contributed by atoms with Crippen LogP contribution in [0.4, 0.5) is 4.79 Å². The van der Waals surface area contributed by atoms with E-state index in [1.54, 1.807) is 45.0 Å². The first kappa shape index (κ1) is 30.6. The van der Waals surface area contributed by atoms with E-state index in [2.05, 4.69) is 10.6 Å². The Morgan fingerprint density at radius 3 is 2.11 bits per heavy atom. The Morgan fingerprint density at radius 1 is 0.974 bits per heavy atom. The SMILES string of the molecule is Cc1ccccc1C(C(=O)NC(C)(C)C)N(CCO)C(=O)C(Cc1ccc(O)cc1)NC(=O)OC(C)(C)C. The second kappa shape index (κ2) is 12.8. The Morgan fingerprint density at radius 2 is 1.58 bits per heavy atom. The molecule has 2 unspecified atom stereocenters. The van der Waals surface area contributed by atoms with Crippen LogP contribution in [0.5, 0.6) is 5.75 Å². The van der Waals surface area contributed by atoms with Gasteiger partial charge in [-0.3, -0.25) is 9.59 Å². The predicted molar refractivity (Wildman–Crippen MR) is 146 cm³/mol. The van der Waals surface area contributed by atoms with E-state index in [0.29, 0.717) is 11.1 Å². The number of hydrogen-bond acceptors (Lipinski definition) is 6. The summed E-state index contributed by atoms with van der Waals surface area (Å²) in [5.74, 6) is -0.901. The minimum absolute atomic E-state index is 0.0668. The van der Waals surface area contributed by atoms with Crippen LogP contribution in [-0.4, -0.2) is 63.4 Å². The molecule has 0 aromatic heterocycles. The van der Waals surface area contributed by atoms with Gasteiger partial charge in [0.1, 0.15) is 23.4 Å². The highest BCUT2D eigenvalue weighted by molar-refractivity contribution is 5.92. The van der Waals surface area contributed by atoms with Gasteiger partial charge in [0.2, 0.25) is 11.8 Å². The monoisotopic (exact) mass is 527 g/mol. The number of aliphatic hydroxyl groups is 1. The van der Waals surface area contributed by atoms with Gasteiger partial charge in [0.15, 0.2) is 0 Å². The van der Waals surface area contributed by atoms with Gasteiger partial charge in [-0.15, -0.1) is 0 Å². The van der Waals surface area contributed by atoms with Gasteiger partial charge in [0, 0.05) is 18.5 Å². The fourth-order valence-corrected chi connectivity index (χ4v) is 3.97. The van der Waals surface area contributed by atoms with Gasteiger partial charge in [-0.1, -0.05) is 36.4 Å². The zero-order valence-electron chi connectivity index (χ0n) is 23.4. The van der Waals surface area contributed by atoms with Crippen LogP contribution in [0.1, 0.15) is 64.3 Å². The zero-order chi connectivity index (χ0) is 28.7. The Labute approximate surface area is 225 Å². The summed E-state index contributed by atoms with van der Waals surface area (Å²) in [5.41, 5.74) is 0.709. The number of carbonyl (C=O) groups is 3. The first-order valence-electron chi connectivity index (χ1n) is 12.7. The standard InChI is InChI=1S/C29H41N3O6/c1-19-10-8-9-11-22(19)24(25(35)31-28(2,3)4)32(16-17-33)26(36)23(30-27(37)38-29(5,6)7)18-20-12-14-21(34)15-13-20/h8-15,23-24,33-34H,16-18H2,1-7H3,(H,30,37)(H,31,35). The third-order valence-corrected chi connectivity index (χ3v) is 5.53. The minimum atomic E-state index is -1.12. The third kappa shape index (κ3) is 9.37. The first-order valence-corrected chi connectivity index (χ1v) is 12.7. The minimum Gasteiger partial charge on any atom is -0.508 e. The van der Waals surface area contributed by atoms with Crippen molar-refractivity contribution in [1.82, 2.24) is 15.5 Å². The second-order valence-electron chi connectivity index (χ2n) is 11.3. The van der Waals surface area contributed by atoms with E-state index in [4.69, 9.17) is 4.74 Å². The number of phenols is 1. The second-order valence-corrected chi connectivity index (χ2v) is 11.3. The van der Waals surface area contributed by atoms with Crippen molar-refractivity contribution in [3.63, 3.8) is 0 Å². The molecule has 0 radical (unpaired) electrons. The summed E-state index contributed by atoms with van der Waals surface area (Å²) >= 11 is 0. The molecular weight excluding hydrogens is 486 g/mol. The normalized spacial score (nSPS) is 13.3. The van der Waals surface area contributed by atoms with Crippen molar-refractivity contribution in [2.24, 2.45) is 0 Å². The van der Waals surface area contributed by atoms with Crippen molar-refractivity contribution in [1.29, 1.82) is 0 Å². The first-order chi connectivity index (χ1) is 17.6. The summed E-state index contributed by atoms with van der Waals surface area (Å²) < 4.78 is 5.40. The number of carbonyl (C=O) groups excluding carboxylic acids is 3. The van der Waals surface area contributed by atoms with E-state index in [1.807, 2.05) is 39.8 Å². The fourth-order valence-electron chi connectivity index (χ4n) is 3.97. The van der Waals surface area contributed by atoms with Crippen LogP contribution in [0.2, 0.25) is 0 Å². The summed E-state index contributed by atoms with van der Waals surface area (Å²) in [6, 6.07) is 11.3. The third-order valence-electron chi connectivity index (χ3n) is 5.53. The Hall–Kier alpha value is -3.59. The molecule has 9 nitrogen and oxygen atoms in total. The molecule has 0 heterocycles. The molecule has 2 aromatic rings. The van der Waals surface area contributed by atoms with Crippen molar-refractivity contribution < 1.29 is 29.3 Å². The molecule has 4 N–H and O–H groups in total. The number of nitrogens with zero attached hydrogens (tertiary/aromatic N) is 1. The lowest BCUT2D eigenvalue weighted by Gasteiger charge is -2.36. The van der Waals surface area contributed by atoms with Gasteiger partial charge < -0.3 is 30.5 Å². The molecule has 0 saturated carbocycles. The Bertz CT molecular complexity index is 1100. The molecule has 208 valence electrons. The average molecular weight is 528 g/mol. The van der Waals surface area contributed by atoms with Gasteiger partial charge in [0.05, 0.1) is 6.61 Å². The van der Waals surface area contributed by atoms with Crippen molar-refractivity contribution >= 4 is 17.9 Å². The summed E-state index contributed by atoms with van der Waals surface area (Å²) in [7, 11) is 0. The van der Waals surface area contributed by atoms with Crippen molar-refractivity contribution in [3.05, 3.63) is 65.2 Å². The van der Waals surface area contributed by atoms with Crippen LogP contribution in [0.15, 0.2) is 48.5 Å². The number of phenolic OH excluding ortho intramolecular Hbond substituents is 1. The smallest absolute Gasteiger partial charge is 0.408 e. The number of aliphatic hydroxyl groups excluding tert-OH is 1. The lowest BCUT2D eigenvalue weighted by atomic mass is 9.96. The lowest BCUT2D eigenvalue weighted by Crippen LogP contribution is -2.55. The van der Waals surface area contributed by atoms with E-state index in [-0.39, 0.29) is 18.7 Å². The maximum absolute atomic E-state index is 14.1. The number of aromatic hydroxyl groups is 1. The highest BCUT2D eigenvalue weighted by Gasteiger charge is 2.37. The van der Waals surface area contributed by atoms with Crippen molar-refractivity contribution in [2.45, 2.75) is 78.1 Å². The average Bonchev–Trinajstić information content (AvgIpc) is 2.78. The van der Waals surface area contributed by atoms with E-state index < -0.39 is 47.7 Å². The Kier molecular flexibility index (Phi) is 10.3. The number of benzene rings is 2. The number of rotatable bonds is 9. The van der Waals surface area contributed by atoms with Crippen LogP contribution in [0.25, 0.3) is 0 Å². The number of alkyl carbamates (subject to hydrolysis) is 1. The quantitative estimate of drug-likeness (QED) is 0.394. The van der Waals surface area contributed by atoms with Gasteiger partial charge >= 0.3 is 6.09 Å². The van der Waals surface area contributed by atoms with Crippen LogP contribution < -0.4 is 10.6 Å². The van der Waals surface area contributed by atoms with Crippen LogP contribution in [0.3, 0.4) is 0 Å². The fraction of sp³-hybridized carbons (Fsp3) is 0.483. The molecule has 0 spiro atoms. The molecule has 0 fully saturated rings. The molecule has 0 aliphatic carbocycles. The predicted octanol–water partition coefficient (Wildman–Crippen LogP) is 3.61. The van der Waals surface area contributed by atoms with Crippen LogP contribution in [-0.2, 0) is 20.7 Å². The zero-order valence-corrected chi connectivity index (χ0v) is 23.4. The number of ether oxygens (including phenoxy) is 1. The van der Waals surface area contributed by atoms with Crippen molar-refractivity contribution in [3.8, 4) is 5.75 Å². The van der Waals surface area contributed by atoms with Gasteiger partial charge in [-0.2, -0.15) is 0 Å². The molecule has 0 bridgehead atoms. The lowest BCUT2D eigenvalue weighted by molar-refractivity contribution is -0.143. The maximum atomic E-state index is 14.1. The summed E-state index contributed by atoms with van der Waals surface area (Å²) in [6.45, 7) is 12.0. The topological polar surface area (TPSA) is 128 Å². The molecule has 9 heteroatoms. The van der Waals surface area contributed by atoms with Gasteiger partial charge in [-0.25, -0.2) is 4.79 Å². The molecule has 2 aromatic carbocycles. The molecule has 2 rings (SSSR count). The summed E-state index contributed by atoms with van der Waals surface area (Å²) in [4.78, 5) is 41.8. The van der Waals surface area contributed by atoms with E-state index in [1.165, 1.54) is 17.0 Å². The van der Waals surface area contributed by atoms with Gasteiger partial charge in [-0.05, 0) is 77.3 Å². The van der Waals surface area contributed by atoms with E-state index >= 15 is 0 Å². The van der Waals surface area contributed by atoms with Crippen LogP contribution >= 0.6 is 0 Å². The number of hydrogen-bond donors (Lipinski definition) is 4.